The summed E-state index contributed by atoms with van der Waals surface area (Å²) in [5.74, 6) is 0.777. The van der Waals surface area contributed by atoms with E-state index in [1.54, 1.807) is 0 Å². The van der Waals surface area contributed by atoms with E-state index >= 15 is 0 Å². The van der Waals surface area contributed by atoms with Gasteiger partial charge >= 0.3 is 0 Å². The molecule has 0 radical (unpaired) electrons. The molecule has 120 valence electrons. The van der Waals surface area contributed by atoms with Crippen LogP contribution in [0.4, 0.5) is 0 Å². The van der Waals surface area contributed by atoms with Crippen LogP contribution in [-0.4, -0.2) is 11.3 Å². The topological polar surface area (TPSA) is 55.5 Å². The number of nitrogens with two attached hydrogens (primary N) is 1. The molecule has 1 unspecified atom stereocenters. The van der Waals surface area contributed by atoms with Crippen molar-refractivity contribution < 1.29 is 9.84 Å². The summed E-state index contributed by atoms with van der Waals surface area (Å²) >= 11 is 0. The Morgan fingerprint density at radius 2 is 1.52 bits per heavy atom. The molecule has 0 saturated carbocycles. The molecule has 0 aliphatic carbocycles. The van der Waals surface area contributed by atoms with Gasteiger partial charge < -0.3 is 9.84 Å². The third-order valence-electron chi connectivity index (χ3n) is 3.74. The average Bonchev–Trinajstić information content (AvgIpc) is 2.50. The highest BCUT2D eigenvalue weighted by Crippen LogP contribution is 2.15. The van der Waals surface area contributed by atoms with Crippen molar-refractivity contribution in [2.24, 2.45) is 5.73 Å². The van der Waals surface area contributed by atoms with Gasteiger partial charge in [-0.05, 0) is 30.5 Å². The Hall–Kier alpha value is -1.06. The maximum Gasteiger partial charge on any atom is 0.147 e. The first-order chi connectivity index (χ1) is 10.3. The molecule has 0 bridgehead atoms. The van der Waals surface area contributed by atoms with Crippen molar-refractivity contribution >= 4 is 0 Å². The van der Waals surface area contributed by atoms with E-state index in [-0.39, 0.29) is 12.8 Å². The van der Waals surface area contributed by atoms with Gasteiger partial charge in [-0.3, -0.25) is 5.73 Å². The number of ether oxygens (including phenoxy) is 1. The minimum atomic E-state index is -0.231. The summed E-state index contributed by atoms with van der Waals surface area (Å²) < 4.78 is 5.67. The zero-order chi connectivity index (χ0) is 15.3. The molecule has 0 spiro atoms. The first-order valence-corrected chi connectivity index (χ1v) is 8.38. The standard InChI is InChI=1S/C18H31NO2/c1-2-3-4-5-6-7-8-9-10-18(19)21-17-13-11-16(15-20)12-14-17/h11-14,18,20H,2-10,15,19H2,1H3. The van der Waals surface area contributed by atoms with Gasteiger partial charge in [0.2, 0.25) is 0 Å². The van der Waals surface area contributed by atoms with Crippen LogP contribution in [0.3, 0.4) is 0 Å². The highest BCUT2D eigenvalue weighted by molar-refractivity contribution is 5.26. The zero-order valence-electron chi connectivity index (χ0n) is 13.4. The molecule has 0 aliphatic heterocycles. The number of hydrogen-bond acceptors (Lipinski definition) is 3. The lowest BCUT2D eigenvalue weighted by Gasteiger charge is -2.14. The molecule has 1 aromatic carbocycles. The number of unbranched alkanes of at least 4 members (excludes halogenated alkanes) is 7. The first-order valence-electron chi connectivity index (χ1n) is 8.38. The molecule has 1 rings (SSSR count). The van der Waals surface area contributed by atoms with E-state index in [4.69, 9.17) is 15.6 Å². The van der Waals surface area contributed by atoms with Gasteiger partial charge in [-0.25, -0.2) is 0 Å². The molecule has 1 aromatic rings. The predicted octanol–water partition coefficient (Wildman–Crippen LogP) is 4.37. The van der Waals surface area contributed by atoms with Crippen molar-refractivity contribution in [2.75, 3.05) is 0 Å². The Morgan fingerprint density at radius 1 is 0.952 bits per heavy atom. The van der Waals surface area contributed by atoms with Crippen LogP contribution in [0, 0.1) is 0 Å². The van der Waals surface area contributed by atoms with Crippen LogP contribution in [0.15, 0.2) is 24.3 Å². The molecule has 0 amide bonds. The molecule has 0 heterocycles. The molecule has 3 N–H and O–H groups in total. The highest BCUT2D eigenvalue weighted by Gasteiger charge is 2.04. The smallest absolute Gasteiger partial charge is 0.147 e. The Balaban J connectivity index is 2.04. The molecule has 3 heteroatoms. The predicted molar refractivity (Wildman–Crippen MR) is 88.2 cm³/mol. The lowest BCUT2D eigenvalue weighted by atomic mass is 10.1. The van der Waals surface area contributed by atoms with Gasteiger partial charge in [0.15, 0.2) is 0 Å². The van der Waals surface area contributed by atoms with Gasteiger partial charge in [-0.1, -0.05) is 64.0 Å². The second kappa shape index (κ2) is 11.6. The third kappa shape index (κ3) is 8.74. The summed E-state index contributed by atoms with van der Waals surface area (Å²) in [6, 6.07) is 7.44. The van der Waals surface area contributed by atoms with Crippen LogP contribution in [0.2, 0.25) is 0 Å². The molecule has 3 nitrogen and oxygen atoms in total. The van der Waals surface area contributed by atoms with Crippen molar-refractivity contribution in [3.63, 3.8) is 0 Å². The SMILES string of the molecule is CCCCCCCCCCC(N)Oc1ccc(CO)cc1. The summed E-state index contributed by atoms with van der Waals surface area (Å²) in [7, 11) is 0. The van der Waals surface area contributed by atoms with E-state index in [0.29, 0.717) is 0 Å². The van der Waals surface area contributed by atoms with E-state index in [2.05, 4.69) is 6.92 Å². The molecule has 1 atom stereocenters. The zero-order valence-corrected chi connectivity index (χ0v) is 13.4. The maximum absolute atomic E-state index is 8.98. The number of rotatable bonds is 12. The number of hydrogen-bond donors (Lipinski definition) is 2. The van der Waals surface area contributed by atoms with E-state index in [9.17, 15) is 0 Å². The van der Waals surface area contributed by atoms with E-state index in [0.717, 1.165) is 24.2 Å². The normalized spacial score (nSPS) is 12.3. The monoisotopic (exact) mass is 293 g/mol. The molecular weight excluding hydrogens is 262 g/mol. The van der Waals surface area contributed by atoms with Crippen LogP contribution in [-0.2, 0) is 6.61 Å². The van der Waals surface area contributed by atoms with Crippen LogP contribution >= 0.6 is 0 Å². The number of aliphatic hydroxyl groups is 1. The number of aliphatic hydroxyl groups excluding tert-OH is 1. The van der Waals surface area contributed by atoms with E-state index in [1.807, 2.05) is 24.3 Å². The first kappa shape index (κ1) is 18.0. The average molecular weight is 293 g/mol. The van der Waals surface area contributed by atoms with E-state index < -0.39 is 0 Å². The highest BCUT2D eigenvalue weighted by atomic mass is 16.5. The quantitative estimate of drug-likeness (QED) is 0.444. The molecule has 0 aliphatic rings. The maximum atomic E-state index is 8.98. The summed E-state index contributed by atoms with van der Waals surface area (Å²) in [6.45, 7) is 2.31. The molecule has 0 aromatic heterocycles. The summed E-state index contributed by atoms with van der Waals surface area (Å²) in [4.78, 5) is 0. The molecular formula is C18H31NO2. The minimum absolute atomic E-state index is 0.0601. The van der Waals surface area contributed by atoms with Crippen LogP contribution in [0.25, 0.3) is 0 Å². The van der Waals surface area contributed by atoms with Gasteiger partial charge in [0.1, 0.15) is 12.0 Å². The van der Waals surface area contributed by atoms with Crippen LogP contribution in [0.5, 0.6) is 5.75 Å². The Labute approximate surface area is 129 Å². The lowest BCUT2D eigenvalue weighted by molar-refractivity contribution is 0.194. The number of benzene rings is 1. The van der Waals surface area contributed by atoms with Crippen molar-refractivity contribution in [3.05, 3.63) is 29.8 Å². The van der Waals surface area contributed by atoms with Crippen molar-refractivity contribution in [3.8, 4) is 5.75 Å². The van der Waals surface area contributed by atoms with Gasteiger partial charge in [0.25, 0.3) is 0 Å². The third-order valence-corrected chi connectivity index (χ3v) is 3.74. The summed E-state index contributed by atoms with van der Waals surface area (Å²) in [6.07, 6.45) is 11.1. The van der Waals surface area contributed by atoms with Crippen molar-refractivity contribution in [1.82, 2.24) is 0 Å². The Kier molecular flexibility index (Phi) is 9.92. The fraction of sp³-hybridized carbons (Fsp3) is 0.667. The van der Waals surface area contributed by atoms with Gasteiger partial charge in [0.05, 0.1) is 6.61 Å². The van der Waals surface area contributed by atoms with Gasteiger partial charge in [-0.15, -0.1) is 0 Å². The minimum Gasteiger partial charge on any atom is -0.476 e. The molecule has 0 saturated heterocycles. The van der Waals surface area contributed by atoms with Crippen molar-refractivity contribution in [1.29, 1.82) is 0 Å². The largest absolute Gasteiger partial charge is 0.476 e. The van der Waals surface area contributed by atoms with Crippen LogP contribution in [0.1, 0.15) is 70.3 Å². The summed E-state index contributed by atoms with van der Waals surface area (Å²) in [5.41, 5.74) is 6.87. The second-order valence-electron chi connectivity index (χ2n) is 5.72. The fourth-order valence-electron chi connectivity index (χ4n) is 2.39. The van der Waals surface area contributed by atoms with Crippen LogP contribution < -0.4 is 10.5 Å². The van der Waals surface area contributed by atoms with Gasteiger partial charge in [-0.2, -0.15) is 0 Å². The molecule has 0 fully saturated rings. The van der Waals surface area contributed by atoms with Crippen molar-refractivity contribution in [2.45, 2.75) is 77.5 Å². The summed E-state index contributed by atoms with van der Waals surface area (Å²) in [5, 5.41) is 8.98. The molecule has 21 heavy (non-hydrogen) atoms. The second-order valence-corrected chi connectivity index (χ2v) is 5.72. The van der Waals surface area contributed by atoms with E-state index in [1.165, 1.54) is 44.9 Å². The fourth-order valence-corrected chi connectivity index (χ4v) is 2.39. The van der Waals surface area contributed by atoms with Gasteiger partial charge in [0, 0.05) is 0 Å². The Morgan fingerprint density at radius 3 is 2.10 bits per heavy atom. The lowest BCUT2D eigenvalue weighted by Crippen LogP contribution is -2.26. The Bertz CT molecular complexity index is 351.